The Morgan fingerprint density at radius 2 is 1.75 bits per heavy atom. The Labute approximate surface area is 144 Å². The first-order chi connectivity index (χ1) is 11.7. The van der Waals surface area contributed by atoms with Crippen molar-refractivity contribution in [2.24, 2.45) is 12.1 Å². The molecular weight excluding hydrogens is 306 g/mol. The monoisotopic (exact) mass is 337 g/mol. The van der Waals surface area contributed by atoms with Crippen LogP contribution in [0.4, 0.5) is 5.95 Å². The number of imidazole rings is 1. The molecule has 0 aliphatic heterocycles. The number of unbranched alkanes of at least 4 members (excludes halogenated alkanes) is 9. The van der Waals surface area contributed by atoms with Crippen LogP contribution in [0.15, 0.2) is 11.3 Å². The molecule has 1 aromatic heterocycles. The van der Waals surface area contributed by atoms with Crippen molar-refractivity contribution in [2.45, 2.75) is 71.1 Å². The summed E-state index contributed by atoms with van der Waals surface area (Å²) in [4.78, 5) is 13.9. The van der Waals surface area contributed by atoms with Crippen LogP contribution in [0.5, 0.6) is 0 Å². The van der Waals surface area contributed by atoms with Gasteiger partial charge in [0.05, 0.1) is 13.3 Å². The van der Waals surface area contributed by atoms with E-state index in [1.807, 2.05) is 0 Å². The molecule has 136 valence electrons. The third kappa shape index (κ3) is 8.08. The van der Waals surface area contributed by atoms with E-state index in [4.69, 9.17) is 0 Å². The number of hydrogen-bond donors (Lipinski definition) is 1. The van der Waals surface area contributed by atoms with Crippen molar-refractivity contribution in [1.29, 1.82) is 0 Å². The SMILES string of the molecule is CCCCCCCCCCCCNN=Cc1cnc([N+](=O)[O-])n1C. The summed E-state index contributed by atoms with van der Waals surface area (Å²) < 4.78 is 1.41. The first-order valence-electron chi connectivity index (χ1n) is 9.08. The summed E-state index contributed by atoms with van der Waals surface area (Å²) in [5.41, 5.74) is 3.59. The van der Waals surface area contributed by atoms with Gasteiger partial charge in [-0.1, -0.05) is 69.7 Å². The minimum Gasteiger partial charge on any atom is -0.390 e. The van der Waals surface area contributed by atoms with E-state index < -0.39 is 4.92 Å². The molecule has 7 heteroatoms. The molecule has 0 aromatic carbocycles. The molecule has 0 spiro atoms. The van der Waals surface area contributed by atoms with Crippen LogP contribution in [0.2, 0.25) is 0 Å². The lowest BCUT2D eigenvalue weighted by Crippen LogP contribution is -2.09. The summed E-state index contributed by atoms with van der Waals surface area (Å²) >= 11 is 0. The largest absolute Gasteiger partial charge is 0.434 e. The lowest BCUT2D eigenvalue weighted by Gasteiger charge is -2.02. The van der Waals surface area contributed by atoms with Crippen molar-refractivity contribution in [3.05, 3.63) is 22.0 Å². The molecule has 1 N–H and O–H groups in total. The van der Waals surface area contributed by atoms with Crippen molar-refractivity contribution in [3.8, 4) is 0 Å². The molecular formula is C17H31N5O2. The zero-order chi connectivity index (χ0) is 17.6. The average molecular weight is 337 g/mol. The normalized spacial score (nSPS) is 11.2. The Morgan fingerprint density at radius 1 is 1.17 bits per heavy atom. The maximum absolute atomic E-state index is 10.7. The Bertz CT molecular complexity index is 499. The van der Waals surface area contributed by atoms with Crippen LogP contribution in [-0.4, -0.2) is 27.2 Å². The lowest BCUT2D eigenvalue weighted by molar-refractivity contribution is -0.396. The quantitative estimate of drug-likeness (QED) is 0.239. The summed E-state index contributed by atoms with van der Waals surface area (Å²) in [5, 5.41) is 14.8. The molecule has 7 nitrogen and oxygen atoms in total. The molecule has 24 heavy (non-hydrogen) atoms. The Balaban J connectivity index is 1.99. The van der Waals surface area contributed by atoms with Gasteiger partial charge in [0.25, 0.3) is 0 Å². The molecule has 1 heterocycles. The van der Waals surface area contributed by atoms with Crippen LogP contribution in [0, 0.1) is 10.1 Å². The van der Waals surface area contributed by atoms with E-state index in [1.54, 1.807) is 13.3 Å². The maximum Gasteiger partial charge on any atom is 0.434 e. The summed E-state index contributed by atoms with van der Waals surface area (Å²) in [6.45, 7) is 3.08. The van der Waals surface area contributed by atoms with Gasteiger partial charge >= 0.3 is 5.95 Å². The van der Waals surface area contributed by atoms with E-state index in [2.05, 4.69) is 22.4 Å². The fourth-order valence-electron chi connectivity index (χ4n) is 2.57. The van der Waals surface area contributed by atoms with Gasteiger partial charge in [0.2, 0.25) is 0 Å². The molecule has 0 atom stereocenters. The molecule has 0 fully saturated rings. The van der Waals surface area contributed by atoms with Gasteiger partial charge in [-0.25, -0.2) is 4.57 Å². The number of nitro groups is 1. The van der Waals surface area contributed by atoms with Crippen LogP contribution in [0.25, 0.3) is 0 Å². The van der Waals surface area contributed by atoms with Crippen LogP contribution in [-0.2, 0) is 7.05 Å². The minimum atomic E-state index is -0.505. The number of aromatic nitrogens is 2. The Morgan fingerprint density at radius 3 is 2.29 bits per heavy atom. The van der Waals surface area contributed by atoms with E-state index in [0.717, 1.165) is 13.0 Å². The zero-order valence-corrected chi connectivity index (χ0v) is 15.0. The van der Waals surface area contributed by atoms with Crippen molar-refractivity contribution >= 4 is 12.2 Å². The first kappa shape index (κ1) is 20.1. The molecule has 1 rings (SSSR count). The second-order valence-corrected chi connectivity index (χ2v) is 6.15. The molecule has 0 aliphatic rings. The van der Waals surface area contributed by atoms with Crippen LogP contribution < -0.4 is 5.43 Å². The number of rotatable bonds is 14. The third-order valence-electron chi connectivity index (χ3n) is 4.09. The number of hydrogen-bond acceptors (Lipinski definition) is 5. The third-order valence-corrected chi connectivity index (χ3v) is 4.09. The standard InChI is InChI=1S/C17H31N5O2/c1-3-4-5-6-7-8-9-10-11-12-13-19-20-15-16-14-18-17(21(16)2)22(23)24/h14-15,19H,3-13H2,1-2H3. The molecule has 0 aliphatic carbocycles. The molecule has 0 amide bonds. The highest BCUT2D eigenvalue weighted by Gasteiger charge is 2.15. The molecule has 0 saturated carbocycles. The Hall–Kier alpha value is -1.92. The van der Waals surface area contributed by atoms with Gasteiger partial charge in [-0.3, -0.25) is 0 Å². The maximum atomic E-state index is 10.7. The summed E-state index contributed by atoms with van der Waals surface area (Å²) in [6.07, 6.45) is 16.1. The highest BCUT2D eigenvalue weighted by molar-refractivity contribution is 5.77. The van der Waals surface area contributed by atoms with Crippen molar-refractivity contribution in [2.75, 3.05) is 6.54 Å². The predicted molar refractivity (Wildman–Crippen MR) is 97.3 cm³/mol. The van der Waals surface area contributed by atoms with Gasteiger partial charge < -0.3 is 15.5 Å². The molecule has 0 radical (unpaired) electrons. The smallest absolute Gasteiger partial charge is 0.390 e. The van der Waals surface area contributed by atoms with E-state index in [1.165, 1.54) is 68.6 Å². The molecule has 0 unspecified atom stereocenters. The topological polar surface area (TPSA) is 85.3 Å². The number of nitrogens with zero attached hydrogens (tertiary/aromatic N) is 4. The number of hydrazone groups is 1. The highest BCUT2D eigenvalue weighted by atomic mass is 16.6. The van der Waals surface area contributed by atoms with E-state index >= 15 is 0 Å². The van der Waals surface area contributed by atoms with Gasteiger partial charge in [-0.2, -0.15) is 5.10 Å². The molecule has 0 bridgehead atoms. The molecule has 1 aromatic rings. The molecule has 0 saturated heterocycles. The van der Waals surface area contributed by atoms with E-state index in [0.29, 0.717) is 5.69 Å². The summed E-state index contributed by atoms with van der Waals surface area (Å²) in [5.74, 6) is -0.175. The first-order valence-corrected chi connectivity index (χ1v) is 9.08. The summed E-state index contributed by atoms with van der Waals surface area (Å²) in [6, 6.07) is 0. The fourth-order valence-corrected chi connectivity index (χ4v) is 2.57. The van der Waals surface area contributed by atoms with Gasteiger partial charge in [0.15, 0.2) is 5.69 Å². The van der Waals surface area contributed by atoms with Crippen LogP contribution >= 0.6 is 0 Å². The summed E-state index contributed by atoms with van der Waals surface area (Å²) in [7, 11) is 1.61. The predicted octanol–water partition coefficient (Wildman–Crippen LogP) is 4.17. The van der Waals surface area contributed by atoms with Gasteiger partial charge in [0.1, 0.15) is 6.20 Å². The van der Waals surface area contributed by atoms with Crippen molar-refractivity contribution in [1.82, 2.24) is 15.0 Å². The van der Waals surface area contributed by atoms with Gasteiger partial charge in [0, 0.05) is 6.54 Å². The fraction of sp³-hybridized carbons (Fsp3) is 0.765. The van der Waals surface area contributed by atoms with E-state index in [-0.39, 0.29) is 5.95 Å². The van der Waals surface area contributed by atoms with Gasteiger partial charge in [-0.15, -0.1) is 0 Å². The Kier molecular flexibility index (Phi) is 10.5. The van der Waals surface area contributed by atoms with Crippen LogP contribution in [0.3, 0.4) is 0 Å². The number of nitrogens with one attached hydrogen (secondary N) is 1. The second-order valence-electron chi connectivity index (χ2n) is 6.15. The van der Waals surface area contributed by atoms with Crippen molar-refractivity contribution in [3.63, 3.8) is 0 Å². The van der Waals surface area contributed by atoms with Gasteiger partial charge in [-0.05, 0) is 11.3 Å². The minimum absolute atomic E-state index is 0.175. The average Bonchev–Trinajstić information content (AvgIpc) is 2.93. The van der Waals surface area contributed by atoms with Crippen molar-refractivity contribution < 1.29 is 4.92 Å². The highest BCUT2D eigenvalue weighted by Crippen LogP contribution is 2.10. The zero-order valence-electron chi connectivity index (χ0n) is 15.0. The second kappa shape index (κ2) is 12.5. The van der Waals surface area contributed by atoms with Crippen LogP contribution in [0.1, 0.15) is 76.8 Å². The van der Waals surface area contributed by atoms with E-state index in [9.17, 15) is 10.1 Å². The lowest BCUT2D eigenvalue weighted by atomic mass is 10.1.